The van der Waals surface area contributed by atoms with E-state index in [0.29, 0.717) is 21.9 Å². The van der Waals surface area contributed by atoms with Crippen molar-refractivity contribution in [3.63, 3.8) is 0 Å². The number of anilines is 1. The van der Waals surface area contributed by atoms with Crippen LogP contribution in [0.2, 0.25) is 0 Å². The van der Waals surface area contributed by atoms with Crippen LogP contribution < -0.4 is 11.1 Å². The number of carbonyl (C=O) groups is 3. The Labute approximate surface area is 262 Å². The average Bonchev–Trinajstić information content (AvgIpc) is 3.57. The predicted molar refractivity (Wildman–Crippen MR) is 166 cm³/mol. The molecule has 0 bridgehead atoms. The number of hydrazine groups is 1. The number of nitrogens with two attached hydrogens (primary N) is 1. The number of hydrogen-bond acceptors (Lipinski definition) is 9. The van der Waals surface area contributed by atoms with Crippen LogP contribution in [0, 0.1) is 5.82 Å². The number of para-hydroxylation sites is 1. The number of halogens is 1. The Morgan fingerprint density at radius 3 is 2.73 bits per heavy atom. The van der Waals surface area contributed by atoms with Crippen LogP contribution in [0.3, 0.4) is 0 Å². The summed E-state index contributed by atoms with van der Waals surface area (Å²) in [4.78, 5) is 53.2. The lowest BCUT2D eigenvalue weighted by atomic mass is 10.0. The summed E-state index contributed by atoms with van der Waals surface area (Å²) in [6.07, 6.45) is 2.29. The van der Waals surface area contributed by atoms with Gasteiger partial charge < -0.3 is 26.0 Å². The van der Waals surface area contributed by atoms with Gasteiger partial charge >= 0.3 is 6.03 Å². The molecule has 2 aliphatic heterocycles. The molecular formula is C31H31FN8O4S. The summed E-state index contributed by atoms with van der Waals surface area (Å²) in [7, 11) is 0. The van der Waals surface area contributed by atoms with E-state index in [-0.39, 0.29) is 62.5 Å². The highest BCUT2D eigenvalue weighted by atomic mass is 32.1. The molecule has 45 heavy (non-hydrogen) atoms. The molecule has 2 aromatic heterocycles. The lowest BCUT2D eigenvalue weighted by Gasteiger charge is -2.46. The number of benzene rings is 2. The van der Waals surface area contributed by atoms with Crippen LogP contribution in [-0.2, 0) is 29.1 Å². The molecule has 0 saturated carbocycles. The van der Waals surface area contributed by atoms with E-state index in [1.165, 1.54) is 45.6 Å². The molecule has 0 radical (unpaired) electrons. The first-order chi connectivity index (χ1) is 21.7. The second kappa shape index (κ2) is 12.5. The largest absolute Gasteiger partial charge is 0.506 e. The maximum atomic E-state index is 14.1. The van der Waals surface area contributed by atoms with Gasteiger partial charge in [0.05, 0.1) is 36.0 Å². The Bertz CT molecular complexity index is 1750. The number of piperazine rings is 1. The van der Waals surface area contributed by atoms with Gasteiger partial charge in [0, 0.05) is 25.2 Å². The minimum absolute atomic E-state index is 0.0148. The Kier molecular flexibility index (Phi) is 8.32. The fourth-order valence-electron chi connectivity index (χ4n) is 5.78. The molecule has 4 aromatic rings. The quantitative estimate of drug-likeness (QED) is 0.239. The first kappa shape index (κ1) is 30.0. The molecule has 2 fully saturated rings. The summed E-state index contributed by atoms with van der Waals surface area (Å²) < 4.78 is 14.3. The number of urea groups is 1. The van der Waals surface area contributed by atoms with Crippen LogP contribution in [0.5, 0.6) is 5.75 Å². The molecule has 0 aliphatic carbocycles. The van der Waals surface area contributed by atoms with E-state index in [9.17, 15) is 23.9 Å². The van der Waals surface area contributed by atoms with E-state index >= 15 is 0 Å². The summed E-state index contributed by atoms with van der Waals surface area (Å²) in [6.45, 7) is 4.24. The molecule has 6 rings (SSSR count). The van der Waals surface area contributed by atoms with Crippen LogP contribution >= 0.6 is 11.3 Å². The zero-order valence-electron chi connectivity index (χ0n) is 24.2. The number of nitrogens with one attached hydrogen (secondary N) is 1. The summed E-state index contributed by atoms with van der Waals surface area (Å²) in [5.41, 5.74) is 8.72. The molecule has 4 amide bonds. The Hall–Kier alpha value is -5.08. The number of thiazole rings is 1. The second-order valence-corrected chi connectivity index (χ2v) is 11.9. The third-order valence-corrected chi connectivity index (χ3v) is 8.71. The van der Waals surface area contributed by atoms with Gasteiger partial charge in [-0.3, -0.25) is 19.6 Å². The van der Waals surface area contributed by atoms with Crippen molar-refractivity contribution in [2.24, 2.45) is 0 Å². The van der Waals surface area contributed by atoms with Crippen molar-refractivity contribution < 1.29 is 23.9 Å². The third-order valence-electron chi connectivity index (χ3n) is 7.86. The summed E-state index contributed by atoms with van der Waals surface area (Å²) in [5.74, 6) is -0.977. The number of nitrogens with zero attached hydrogens (tertiary/aromatic N) is 6. The number of carbonyl (C=O) groups excluding carboxylic acids is 3. The topological polar surface area (TPSA) is 148 Å². The van der Waals surface area contributed by atoms with E-state index in [0.717, 1.165) is 10.3 Å². The number of aromatic hydroxyl groups is 1. The summed E-state index contributed by atoms with van der Waals surface area (Å²) >= 11 is 1.36. The number of fused-ring (bicyclic) bond motifs is 2. The van der Waals surface area contributed by atoms with Crippen molar-refractivity contribution >= 4 is 44.5 Å². The van der Waals surface area contributed by atoms with Crippen LogP contribution in [0.15, 0.2) is 73.4 Å². The molecule has 4 N–H and O–H groups in total. The molecule has 2 atom stereocenters. The number of nitrogen functional groups attached to an aromatic ring is 1. The number of amides is 4. The van der Waals surface area contributed by atoms with Crippen molar-refractivity contribution in [2.75, 3.05) is 25.4 Å². The molecule has 12 nitrogen and oxygen atoms in total. The standard InChI is InChI=1S/C31H31FN8O4S/c1-2-12-38(31(44)35-14-19-6-8-21(32)9-7-19)39-18-27(42)40-24(13-22-10-11-23(41)15-34-22)29(43)37(17-26(39)40)16-20-4-3-5-25-28(20)36-30(33)45-25/h2-11,15,24,26,41H,1,12-14,16-18H2,(H2,33,36)(H,35,44)/t24-,26+/m0/s1. The molecule has 2 aliphatic rings. The highest BCUT2D eigenvalue weighted by Gasteiger charge is 2.52. The van der Waals surface area contributed by atoms with Crippen LogP contribution in [-0.4, -0.2) is 84.6 Å². The van der Waals surface area contributed by atoms with Gasteiger partial charge in [0.25, 0.3) is 0 Å². The van der Waals surface area contributed by atoms with Crippen molar-refractivity contribution in [1.82, 2.24) is 35.1 Å². The Balaban J connectivity index is 1.31. The minimum Gasteiger partial charge on any atom is -0.506 e. The predicted octanol–water partition coefficient (Wildman–Crippen LogP) is 2.85. The number of aromatic nitrogens is 2. The average molecular weight is 631 g/mol. The van der Waals surface area contributed by atoms with Gasteiger partial charge in [-0.15, -0.1) is 6.58 Å². The zero-order valence-corrected chi connectivity index (χ0v) is 25.0. The third kappa shape index (κ3) is 6.14. The van der Waals surface area contributed by atoms with Crippen molar-refractivity contribution in [3.05, 3.63) is 96.1 Å². The number of rotatable bonds is 9. The molecular weight excluding hydrogens is 599 g/mol. The summed E-state index contributed by atoms with van der Waals surface area (Å²) in [5, 5.41) is 16.1. The zero-order chi connectivity index (χ0) is 31.7. The van der Waals surface area contributed by atoms with E-state index in [2.05, 4.69) is 21.9 Å². The van der Waals surface area contributed by atoms with E-state index in [1.54, 1.807) is 34.2 Å². The molecule has 0 spiro atoms. The normalized spacial score (nSPS) is 18.3. The lowest BCUT2D eigenvalue weighted by Crippen LogP contribution is -2.66. The van der Waals surface area contributed by atoms with Gasteiger partial charge in [0.1, 0.15) is 23.8 Å². The molecule has 2 aromatic carbocycles. The van der Waals surface area contributed by atoms with Crippen molar-refractivity contribution in [2.45, 2.75) is 31.7 Å². The van der Waals surface area contributed by atoms with Gasteiger partial charge in [0.15, 0.2) is 5.13 Å². The number of pyridine rings is 1. The van der Waals surface area contributed by atoms with Gasteiger partial charge in [-0.2, -0.15) is 5.01 Å². The fourth-order valence-corrected chi connectivity index (χ4v) is 6.56. The van der Waals surface area contributed by atoms with Crippen LogP contribution in [0.1, 0.15) is 16.8 Å². The van der Waals surface area contributed by atoms with E-state index < -0.39 is 18.2 Å². The van der Waals surface area contributed by atoms with E-state index in [4.69, 9.17) is 5.73 Å². The first-order valence-electron chi connectivity index (χ1n) is 14.3. The van der Waals surface area contributed by atoms with Crippen molar-refractivity contribution in [1.29, 1.82) is 0 Å². The monoisotopic (exact) mass is 630 g/mol. The van der Waals surface area contributed by atoms with Gasteiger partial charge in [0.2, 0.25) is 11.8 Å². The number of hydrogen-bond donors (Lipinski definition) is 3. The SMILES string of the molecule is C=CCN(C(=O)NCc1ccc(F)cc1)N1CC(=O)N2[C@@H](Cc3ccc(O)cn3)C(=O)N(Cc3cccc4sc(N)nc34)C[C@@H]21. The lowest BCUT2D eigenvalue weighted by molar-refractivity contribution is -0.157. The molecule has 4 heterocycles. The van der Waals surface area contributed by atoms with Gasteiger partial charge in [-0.05, 0) is 41.5 Å². The smallest absolute Gasteiger partial charge is 0.332 e. The highest BCUT2D eigenvalue weighted by molar-refractivity contribution is 7.22. The molecule has 14 heteroatoms. The van der Waals surface area contributed by atoms with Gasteiger partial charge in [-0.1, -0.05) is 41.7 Å². The van der Waals surface area contributed by atoms with Crippen LogP contribution in [0.4, 0.5) is 14.3 Å². The fraction of sp³-hybridized carbons (Fsp3) is 0.258. The Morgan fingerprint density at radius 2 is 2.00 bits per heavy atom. The van der Waals surface area contributed by atoms with E-state index in [1.807, 2.05) is 18.2 Å². The minimum atomic E-state index is -0.911. The summed E-state index contributed by atoms with van der Waals surface area (Å²) in [6, 6.07) is 13.2. The highest BCUT2D eigenvalue weighted by Crippen LogP contribution is 2.32. The molecule has 232 valence electrons. The first-order valence-corrected chi connectivity index (χ1v) is 15.1. The Morgan fingerprint density at radius 1 is 1.20 bits per heavy atom. The maximum Gasteiger partial charge on any atom is 0.332 e. The van der Waals surface area contributed by atoms with Crippen LogP contribution in [0.25, 0.3) is 10.2 Å². The van der Waals surface area contributed by atoms with Gasteiger partial charge in [-0.25, -0.2) is 14.2 Å². The second-order valence-electron chi connectivity index (χ2n) is 10.8. The maximum absolute atomic E-state index is 14.1. The van der Waals surface area contributed by atoms with Crippen molar-refractivity contribution in [3.8, 4) is 5.75 Å². The molecule has 2 saturated heterocycles. The molecule has 0 unspecified atom stereocenters.